The van der Waals surface area contributed by atoms with Crippen LogP contribution in [0, 0.1) is 5.92 Å². The van der Waals surface area contributed by atoms with Crippen molar-refractivity contribution < 1.29 is 14.3 Å². The number of ether oxygens (including phenoxy) is 1. The Morgan fingerprint density at radius 1 is 0.694 bits per heavy atom. The minimum absolute atomic E-state index is 0.0752. The maximum Gasteiger partial charge on any atom is 0.311 e. The van der Waals surface area contributed by atoms with Crippen LogP contribution in [0.3, 0.4) is 0 Å². The van der Waals surface area contributed by atoms with Crippen LogP contribution < -0.4 is 4.74 Å². The van der Waals surface area contributed by atoms with Crippen molar-refractivity contribution in [1.82, 2.24) is 0 Å². The summed E-state index contributed by atoms with van der Waals surface area (Å²) < 4.78 is 5.60. The van der Waals surface area contributed by atoms with Crippen molar-refractivity contribution in [2.24, 2.45) is 5.92 Å². The minimum atomic E-state index is -0.210. The molecular formula is C33H46O3. The van der Waals surface area contributed by atoms with Gasteiger partial charge in [0.2, 0.25) is 0 Å². The lowest BCUT2D eigenvalue weighted by atomic mass is 10.0. The second-order valence-electron chi connectivity index (χ2n) is 10.3. The Kier molecular flexibility index (Phi) is 15.2. The Hall–Kier alpha value is -2.68. The van der Waals surface area contributed by atoms with Crippen molar-refractivity contribution >= 4 is 17.8 Å². The van der Waals surface area contributed by atoms with Crippen molar-refractivity contribution in [2.75, 3.05) is 0 Å². The topological polar surface area (TPSA) is 43.4 Å². The van der Waals surface area contributed by atoms with Crippen LogP contribution in [0.5, 0.6) is 5.75 Å². The Morgan fingerprint density at radius 2 is 1.22 bits per heavy atom. The van der Waals surface area contributed by atoms with E-state index in [9.17, 15) is 9.59 Å². The van der Waals surface area contributed by atoms with Crippen molar-refractivity contribution in [2.45, 2.75) is 104 Å². The molecule has 0 aliphatic carbocycles. The molecule has 36 heavy (non-hydrogen) atoms. The monoisotopic (exact) mass is 490 g/mol. The van der Waals surface area contributed by atoms with Gasteiger partial charge in [-0.05, 0) is 30.6 Å². The van der Waals surface area contributed by atoms with Gasteiger partial charge in [-0.2, -0.15) is 0 Å². The van der Waals surface area contributed by atoms with Crippen molar-refractivity contribution in [1.29, 1.82) is 0 Å². The number of unbranched alkanes of at least 4 members (excludes halogenated alkanes) is 11. The van der Waals surface area contributed by atoms with Crippen LogP contribution in [0.2, 0.25) is 0 Å². The maximum atomic E-state index is 12.3. The van der Waals surface area contributed by atoms with Crippen LogP contribution in [0.4, 0.5) is 0 Å². The third kappa shape index (κ3) is 13.4. The summed E-state index contributed by atoms with van der Waals surface area (Å²) in [4.78, 5) is 24.7. The van der Waals surface area contributed by atoms with Gasteiger partial charge in [-0.25, -0.2) is 0 Å². The fourth-order valence-corrected chi connectivity index (χ4v) is 4.34. The SMILES string of the molecule is CC(C)CCCCCCCCCCCCCCC(=O)Oc1ccccc1C=CC(=O)c1ccccc1. The first-order valence-electron chi connectivity index (χ1n) is 14.1. The van der Waals surface area contributed by atoms with Crippen LogP contribution in [0.1, 0.15) is 120 Å². The molecule has 0 heterocycles. The number of hydrogen-bond acceptors (Lipinski definition) is 3. The highest BCUT2D eigenvalue weighted by Crippen LogP contribution is 2.21. The molecule has 0 spiro atoms. The number of para-hydroxylation sites is 1. The summed E-state index contributed by atoms with van der Waals surface area (Å²) >= 11 is 0. The quantitative estimate of drug-likeness (QED) is 0.0647. The van der Waals surface area contributed by atoms with Crippen LogP contribution in [-0.2, 0) is 4.79 Å². The summed E-state index contributed by atoms with van der Waals surface area (Å²) in [5.74, 6) is 1.06. The van der Waals surface area contributed by atoms with E-state index in [0.29, 0.717) is 17.7 Å². The summed E-state index contributed by atoms with van der Waals surface area (Å²) in [5.41, 5.74) is 1.36. The zero-order valence-electron chi connectivity index (χ0n) is 22.6. The Bertz CT molecular complexity index is 898. The van der Waals surface area contributed by atoms with Gasteiger partial charge in [0.1, 0.15) is 5.75 Å². The molecule has 0 atom stereocenters. The van der Waals surface area contributed by atoms with E-state index in [4.69, 9.17) is 4.74 Å². The van der Waals surface area contributed by atoms with Gasteiger partial charge in [-0.15, -0.1) is 0 Å². The zero-order chi connectivity index (χ0) is 25.8. The summed E-state index contributed by atoms with van der Waals surface area (Å²) in [6.07, 6.45) is 20.4. The van der Waals surface area contributed by atoms with Crippen LogP contribution in [0.15, 0.2) is 60.7 Å². The molecule has 196 valence electrons. The molecule has 0 amide bonds. The number of ketones is 1. The summed E-state index contributed by atoms with van der Waals surface area (Å²) in [6, 6.07) is 16.5. The molecule has 0 fully saturated rings. The number of carbonyl (C=O) groups excluding carboxylic acids is 2. The molecule has 0 aromatic heterocycles. The highest BCUT2D eigenvalue weighted by molar-refractivity contribution is 6.06. The molecule has 0 N–H and O–H groups in total. The smallest absolute Gasteiger partial charge is 0.311 e. The number of allylic oxidation sites excluding steroid dienone is 1. The fourth-order valence-electron chi connectivity index (χ4n) is 4.34. The molecule has 0 saturated heterocycles. The van der Waals surface area contributed by atoms with Crippen LogP contribution in [0.25, 0.3) is 6.08 Å². The number of carbonyl (C=O) groups is 2. The maximum absolute atomic E-state index is 12.3. The zero-order valence-corrected chi connectivity index (χ0v) is 22.6. The Balaban J connectivity index is 1.54. The molecule has 2 aromatic carbocycles. The molecule has 2 aromatic rings. The second-order valence-corrected chi connectivity index (χ2v) is 10.3. The van der Waals surface area contributed by atoms with E-state index < -0.39 is 0 Å². The first kappa shape index (κ1) is 29.5. The average molecular weight is 491 g/mol. The Labute approximate surface area is 219 Å². The predicted molar refractivity (Wildman–Crippen MR) is 151 cm³/mol. The number of hydrogen-bond donors (Lipinski definition) is 0. The number of esters is 1. The molecular weight excluding hydrogens is 444 g/mol. The van der Waals surface area contributed by atoms with E-state index >= 15 is 0 Å². The van der Waals surface area contributed by atoms with Crippen LogP contribution >= 0.6 is 0 Å². The first-order chi connectivity index (χ1) is 17.6. The molecule has 0 radical (unpaired) electrons. The molecule has 0 bridgehead atoms. The van der Waals surface area contributed by atoms with Crippen LogP contribution in [-0.4, -0.2) is 11.8 Å². The van der Waals surface area contributed by atoms with E-state index in [1.807, 2.05) is 36.4 Å². The number of rotatable bonds is 19. The predicted octanol–water partition coefficient (Wildman–Crippen LogP) is 9.61. The Morgan fingerprint density at radius 3 is 1.83 bits per heavy atom. The van der Waals surface area contributed by atoms with Gasteiger partial charge >= 0.3 is 5.97 Å². The molecule has 0 unspecified atom stereocenters. The molecule has 0 saturated carbocycles. The highest BCUT2D eigenvalue weighted by Gasteiger charge is 2.08. The second kappa shape index (κ2) is 18.6. The minimum Gasteiger partial charge on any atom is -0.426 e. The average Bonchev–Trinajstić information content (AvgIpc) is 2.88. The van der Waals surface area contributed by atoms with Gasteiger partial charge in [-0.3, -0.25) is 9.59 Å². The fraction of sp³-hybridized carbons (Fsp3) is 0.515. The van der Waals surface area contributed by atoms with E-state index in [1.54, 1.807) is 24.3 Å². The van der Waals surface area contributed by atoms with Crippen molar-refractivity contribution in [3.05, 3.63) is 71.8 Å². The summed E-state index contributed by atoms with van der Waals surface area (Å²) in [7, 11) is 0. The van der Waals surface area contributed by atoms with E-state index in [1.165, 1.54) is 76.7 Å². The lowest BCUT2D eigenvalue weighted by Gasteiger charge is -2.07. The molecule has 0 aliphatic heterocycles. The van der Waals surface area contributed by atoms with E-state index in [-0.39, 0.29) is 11.8 Å². The van der Waals surface area contributed by atoms with E-state index in [0.717, 1.165) is 24.3 Å². The van der Waals surface area contributed by atoms with Gasteiger partial charge in [-0.1, -0.05) is 139 Å². The summed E-state index contributed by atoms with van der Waals surface area (Å²) in [5, 5.41) is 0. The van der Waals surface area contributed by atoms with Gasteiger partial charge < -0.3 is 4.74 Å². The normalized spacial score (nSPS) is 11.3. The molecule has 2 rings (SSSR count). The lowest BCUT2D eigenvalue weighted by Crippen LogP contribution is -2.08. The van der Waals surface area contributed by atoms with Gasteiger partial charge in [0, 0.05) is 17.5 Å². The third-order valence-electron chi connectivity index (χ3n) is 6.53. The standard InChI is InChI=1S/C33H46O3/c1-28(2)20-14-11-9-7-5-3-4-6-8-10-12-17-25-33(35)36-32-24-19-18-23-30(32)26-27-31(34)29-21-15-13-16-22-29/h13,15-16,18-19,21-24,26-28H,3-12,14,17,20,25H2,1-2H3. The first-order valence-corrected chi connectivity index (χ1v) is 14.1. The van der Waals surface area contributed by atoms with Crippen molar-refractivity contribution in [3.63, 3.8) is 0 Å². The van der Waals surface area contributed by atoms with Gasteiger partial charge in [0.05, 0.1) is 0 Å². The number of benzene rings is 2. The molecule has 0 aliphatic rings. The van der Waals surface area contributed by atoms with Gasteiger partial charge in [0.25, 0.3) is 0 Å². The van der Waals surface area contributed by atoms with Crippen molar-refractivity contribution in [3.8, 4) is 5.75 Å². The lowest BCUT2D eigenvalue weighted by molar-refractivity contribution is -0.134. The summed E-state index contributed by atoms with van der Waals surface area (Å²) in [6.45, 7) is 4.62. The van der Waals surface area contributed by atoms with E-state index in [2.05, 4.69) is 13.8 Å². The molecule has 3 heteroatoms. The highest BCUT2D eigenvalue weighted by atomic mass is 16.5. The third-order valence-corrected chi connectivity index (χ3v) is 6.53. The molecule has 3 nitrogen and oxygen atoms in total. The largest absolute Gasteiger partial charge is 0.426 e. The van der Waals surface area contributed by atoms with Gasteiger partial charge in [0.15, 0.2) is 5.78 Å².